The number of hydrogen-bond acceptors (Lipinski definition) is 4. The molecule has 0 saturated carbocycles. The van der Waals surface area contributed by atoms with Crippen LogP contribution in [0.3, 0.4) is 0 Å². The van der Waals surface area contributed by atoms with E-state index in [0.717, 1.165) is 12.0 Å². The van der Waals surface area contributed by atoms with Crippen molar-refractivity contribution < 1.29 is 9.63 Å². The molecule has 0 amide bonds. The Labute approximate surface area is 107 Å². The Bertz CT molecular complexity index is 527. The van der Waals surface area contributed by atoms with E-state index in [0.29, 0.717) is 18.1 Å². The van der Waals surface area contributed by atoms with Gasteiger partial charge in [-0.25, -0.2) is 0 Å². The van der Waals surface area contributed by atoms with Crippen molar-refractivity contribution in [3.05, 3.63) is 41.5 Å². The number of aromatic hydroxyl groups is 1. The normalized spacial score (nSPS) is 11.7. The number of hydrogen-bond donors (Lipinski definition) is 1. The molecule has 0 atom stereocenters. The fraction of sp³-hybridized carbons (Fsp3) is 0.429. The maximum Gasteiger partial charge on any atom is 0.231 e. The molecule has 4 heteroatoms. The van der Waals surface area contributed by atoms with E-state index < -0.39 is 0 Å². The summed E-state index contributed by atoms with van der Waals surface area (Å²) >= 11 is 0. The standard InChI is InChI=1S/C14H18N2O2/c1-14(2,3)9-12-15-13(18-16-12)8-10-6-4-5-7-11(10)17/h4-7,17H,8-9H2,1-3H3. The lowest BCUT2D eigenvalue weighted by atomic mass is 9.92. The van der Waals surface area contributed by atoms with Crippen LogP contribution in [0.5, 0.6) is 5.75 Å². The Morgan fingerprint density at radius 3 is 2.61 bits per heavy atom. The van der Waals surface area contributed by atoms with Gasteiger partial charge in [-0.05, 0) is 11.5 Å². The number of benzene rings is 1. The summed E-state index contributed by atoms with van der Waals surface area (Å²) in [6.45, 7) is 6.39. The Kier molecular flexibility index (Phi) is 3.36. The number of para-hydroxylation sites is 1. The molecule has 0 aliphatic heterocycles. The highest BCUT2D eigenvalue weighted by Gasteiger charge is 2.16. The van der Waals surface area contributed by atoms with E-state index in [2.05, 4.69) is 30.9 Å². The molecule has 0 saturated heterocycles. The van der Waals surface area contributed by atoms with Gasteiger partial charge >= 0.3 is 0 Å². The van der Waals surface area contributed by atoms with Gasteiger partial charge in [0.05, 0.1) is 6.42 Å². The van der Waals surface area contributed by atoms with Crippen LogP contribution in [0.25, 0.3) is 0 Å². The van der Waals surface area contributed by atoms with Crippen LogP contribution in [-0.4, -0.2) is 15.2 Å². The molecule has 0 unspecified atom stereocenters. The molecule has 2 aromatic rings. The molecule has 1 aromatic heterocycles. The number of phenols is 1. The summed E-state index contributed by atoms with van der Waals surface area (Å²) < 4.78 is 5.20. The van der Waals surface area contributed by atoms with E-state index in [9.17, 15) is 5.11 Å². The van der Waals surface area contributed by atoms with Crippen molar-refractivity contribution in [3.63, 3.8) is 0 Å². The van der Waals surface area contributed by atoms with Gasteiger partial charge in [0, 0.05) is 12.0 Å². The van der Waals surface area contributed by atoms with Gasteiger partial charge in [0.1, 0.15) is 5.75 Å². The SMILES string of the molecule is CC(C)(C)Cc1noc(Cc2ccccc2O)n1. The van der Waals surface area contributed by atoms with Crippen molar-refractivity contribution in [2.75, 3.05) is 0 Å². The van der Waals surface area contributed by atoms with Crippen LogP contribution in [0.2, 0.25) is 0 Å². The van der Waals surface area contributed by atoms with Crippen molar-refractivity contribution in [1.82, 2.24) is 10.1 Å². The molecule has 0 fully saturated rings. The van der Waals surface area contributed by atoms with Gasteiger partial charge in [-0.2, -0.15) is 4.98 Å². The molecule has 0 radical (unpaired) electrons. The number of phenolic OH excluding ortho intramolecular Hbond substituents is 1. The monoisotopic (exact) mass is 246 g/mol. The molecule has 0 aliphatic carbocycles. The van der Waals surface area contributed by atoms with Crippen molar-refractivity contribution in [2.24, 2.45) is 5.41 Å². The van der Waals surface area contributed by atoms with Crippen molar-refractivity contribution in [3.8, 4) is 5.75 Å². The van der Waals surface area contributed by atoms with E-state index >= 15 is 0 Å². The fourth-order valence-electron chi connectivity index (χ4n) is 1.73. The zero-order chi connectivity index (χ0) is 13.2. The molecule has 1 aromatic carbocycles. The van der Waals surface area contributed by atoms with E-state index in [1.807, 2.05) is 12.1 Å². The summed E-state index contributed by atoms with van der Waals surface area (Å²) in [6.07, 6.45) is 1.24. The predicted molar refractivity (Wildman–Crippen MR) is 68.4 cm³/mol. The van der Waals surface area contributed by atoms with Crippen LogP contribution < -0.4 is 0 Å². The first-order valence-corrected chi connectivity index (χ1v) is 6.02. The Hall–Kier alpha value is -1.84. The molecule has 18 heavy (non-hydrogen) atoms. The molecule has 4 nitrogen and oxygen atoms in total. The third-order valence-corrected chi connectivity index (χ3v) is 2.53. The number of rotatable bonds is 3. The van der Waals surface area contributed by atoms with Gasteiger partial charge in [-0.3, -0.25) is 0 Å². The van der Waals surface area contributed by atoms with Crippen LogP contribution in [0.15, 0.2) is 28.8 Å². The quantitative estimate of drug-likeness (QED) is 0.904. The average Bonchev–Trinajstić information content (AvgIpc) is 2.66. The van der Waals surface area contributed by atoms with Crippen LogP contribution in [0, 0.1) is 5.41 Å². The largest absolute Gasteiger partial charge is 0.508 e. The van der Waals surface area contributed by atoms with Gasteiger partial charge in [0.15, 0.2) is 5.82 Å². The maximum atomic E-state index is 9.68. The fourth-order valence-corrected chi connectivity index (χ4v) is 1.73. The third kappa shape index (κ3) is 3.32. The minimum absolute atomic E-state index is 0.135. The van der Waals surface area contributed by atoms with Crippen LogP contribution in [0.4, 0.5) is 0 Å². The number of nitrogens with zero attached hydrogens (tertiary/aromatic N) is 2. The molecule has 1 N–H and O–H groups in total. The molecule has 2 rings (SSSR count). The lowest BCUT2D eigenvalue weighted by Gasteiger charge is -2.14. The molecule has 0 bridgehead atoms. The lowest BCUT2D eigenvalue weighted by Crippen LogP contribution is -2.10. The van der Waals surface area contributed by atoms with E-state index in [1.165, 1.54) is 0 Å². The first kappa shape index (κ1) is 12.6. The zero-order valence-corrected chi connectivity index (χ0v) is 11.0. The molecular weight excluding hydrogens is 228 g/mol. The molecule has 1 heterocycles. The summed E-state index contributed by atoms with van der Waals surface area (Å²) in [7, 11) is 0. The summed E-state index contributed by atoms with van der Waals surface area (Å²) in [5.74, 6) is 1.51. The average molecular weight is 246 g/mol. The second-order valence-electron chi connectivity index (χ2n) is 5.65. The smallest absolute Gasteiger partial charge is 0.231 e. The lowest BCUT2D eigenvalue weighted by molar-refractivity contribution is 0.357. The molecule has 0 spiro atoms. The highest BCUT2D eigenvalue weighted by atomic mass is 16.5. The summed E-state index contributed by atoms with van der Waals surface area (Å²) in [4.78, 5) is 4.34. The maximum absolute atomic E-state index is 9.68. The third-order valence-electron chi connectivity index (χ3n) is 2.53. The number of aromatic nitrogens is 2. The van der Waals surface area contributed by atoms with Crippen LogP contribution >= 0.6 is 0 Å². The van der Waals surface area contributed by atoms with Gasteiger partial charge < -0.3 is 9.63 Å². The van der Waals surface area contributed by atoms with Crippen molar-refractivity contribution in [2.45, 2.75) is 33.6 Å². The zero-order valence-electron chi connectivity index (χ0n) is 11.0. The summed E-state index contributed by atoms with van der Waals surface area (Å²) in [5.41, 5.74) is 0.930. The first-order chi connectivity index (χ1) is 8.44. The van der Waals surface area contributed by atoms with Gasteiger partial charge in [0.2, 0.25) is 5.89 Å². The van der Waals surface area contributed by atoms with Crippen LogP contribution in [0.1, 0.15) is 38.0 Å². The second-order valence-corrected chi connectivity index (χ2v) is 5.65. The minimum atomic E-state index is 0.135. The Balaban J connectivity index is 2.10. The molecular formula is C14H18N2O2. The van der Waals surface area contributed by atoms with E-state index in [1.54, 1.807) is 12.1 Å². The first-order valence-electron chi connectivity index (χ1n) is 6.02. The predicted octanol–water partition coefficient (Wildman–Crippen LogP) is 2.95. The molecule has 0 aliphatic rings. The highest BCUT2D eigenvalue weighted by Crippen LogP contribution is 2.21. The molecule has 96 valence electrons. The minimum Gasteiger partial charge on any atom is -0.508 e. The summed E-state index contributed by atoms with van der Waals surface area (Å²) in [6, 6.07) is 7.17. The Morgan fingerprint density at radius 1 is 1.22 bits per heavy atom. The van der Waals surface area contributed by atoms with Gasteiger partial charge in [-0.1, -0.05) is 44.1 Å². The Morgan fingerprint density at radius 2 is 1.94 bits per heavy atom. The van der Waals surface area contributed by atoms with Gasteiger partial charge in [-0.15, -0.1) is 0 Å². The van der Waals surface area contributed by atoms with Crippen LogP contribution in [-0.2, 0) is 12.8 Å². The van der Waals surface area contributed by atoms with Crippen molar-refractivity contribution >= 4 is 0 Å². The van der Waals surface area contributed by atoms with E-state index in [-0.39, 0.29) is 11.2 Å². The van der Waals surface area contributed by atoms with Gasteiger partial charge in [0.25, 0.3) is 0 Å². The highest BCUT2D eigenvalue weighted by molar-refractivity contribution is 5.33. The topological polar surface area (TPSA) is 59.2 Å². The summed E-state index contributed by atoms with van der Waals surface area (Å²) in [5, 5.41) is 13.6. The second kappa shape index (κ2) is 4.80. The van der Waals surface area contributed by atoms with Crippen molar-refractivity contribution in [1.29, 1.82) is 0 Å². The van der Waals surface area contributed by atoms with E-state index in [4.69, 9.17) is 4.52 Å².